The summed E-state index contributed by atoms with van der Waals surface area (Å²) in [6.07, 6.45) is 7.16. The highest BCUT2D eigenvalue weighted by atomic mass is 16.5. The van der Waals surface area contributed by atoms with E-state index in [1.807, 2.05) is 55.5 Å². The molecule has 188 valence electrons. The number of amides is 1. The summed E-state index contributed by atoms with van der Waals surface area (Å²) in [6.45, 7) is 4.09. The van der Waals surface area contributed by atoms with E-state index in [0.29, 0.717) is 12.0 Å². The first-order valence-corrected chi connectivity index (χ1v) is 13.5. The van der Waals surface area contributed by atoms with Gasteiger partial charge in [-0.15, -0.1) is 0 Å². The quantitative estimate of drug-likeness (QED) is 0.386. The van der Waals surface area contributed by atoms with Crippen LogP contribution in [0.15, 0.2) is 78.9 Å². The minimum atomic E-state index is 0.0940. The number of carbonyl (C=O) groups is 1. The monoisotopic (exact) mass is 482 g/mol. The molecule has 0 bridgehead atoms. The van der Waals surface area contributed by atoms with Crippen molar-refractivity contribution in [2.45, 2.75) is 63.5 Å². The first-order chi connectivity index (χ1) is 17.7. The van der Waals surface area contributed by atoms with Gasteiger partial charge in [-0.05, 0) is 80.0 Å². The predicted octanol–water partition coefficient (Wildman–Crippen LogP) is 6.84. The number of benzene rings is 3. The molecule has 1 heterocycles. The van der Waals surface area contributed by atoms with E-state index in [2.05, 4.69) is 40.1 Å². The van der Waals surface area contributed by atoms with Crippen LogP contribution in [0.1, 0.15) is 65.9 Å². The molecule has 5 rings (SSSR count). The molecule has 2 aliphatic rings. The molecule has 1 amide bonds. The molecule has 3 aromatic carbocycles. The normalized spacial score (nSPS) is 21.2. The molecular formula is C32H38N2O2. The molecule has 2 fully saturated rings. The third-order valence-electron chi connectivity index (χ3n) is 8.24. The first-order valence-electron chi connectivity index (χ1n) is 13.5. The fraction of sp³-hybridized carbons (Fsp3) is 0.406. The lowest BCUT2D eigenvalue weighted by Crippen LogP contribution is -2.51. The number of rotatable bonds is 6. The summed E-state index contributed by atoms with van der Waals surface area (Å²) in [4.78, 5) is 18.7. The molecule has 3 aromatic rings. The Kier molecular flexibility index (Phi) is 7.72. The number of carbonyl (C=O) groups excluding carboxylic acids is 1. The average Bonchev–Trinajstić information content (AvgIpc) is 2.94. The molecule has 2 atom stereocenters. The zero-order valence-corrected chi connectivity index (χ0v) is 21.6. The van der Waals surface area contributed by atoms with Crippen LogP contribution in [0.4, 0.5) is 5.69 Å². The van der Waals surface area contributed by atoms with Crippen LogP contribution in [0.3, 0.4) is 0 Å². The van der Waals surface area contributed by atoms with E-state index in [9.17, 15) is 4.79 Å². The maximum atomic E-state index is 13.9. The molecule has 0 N–H and O–H groups in total. The average molecular weight is 483 g/mol. The van der Waals surface area contributed by atoms with Crippen molar-refractivity contribution in [1.82, 2.24) is 4.90 Å². The van der Waals surface area contributed by atoms with Gasteiger partial charge in [0.25, 0.3) is 5.91 Å². The van der Waals surface area contributed by atoms with Gasteiger partial charge in [-0.25, -0.2) is 0 Å². The summed E-state index contributed by atoms with van der Waals surface area (Å²) in [5.41, 5.74) is 4.24. The molecule has 4 nitrogen and oxygen atoms in total. The molecule has 0 radical (unpaired) electrons. The van der Waals surface area contributed by atoms with Gasteiger partial charge in [-0.3, -0.25) is 9.69 Å². The SMILES string of the molecule is COc1ccc(N(C(=O)c2ccccc2C)C2CCN([C@@H]3CCCC[C@@H]3c3ccccc3)CC2)cc1. The van der Waals surface area contributed by atoms with Crippen molar-refractivity contribution in [1.29, 1.82) is 0 Å². The lowest BCUT2D eigenvalue weighted by Gasteiger charge is -2.45. The van der Waals surface area contributed by atoms with Crippen LogP contribution in [-0.2, 0) is 0 Å². The van der Waals surface area contributed by atoms with Gasteiger partial charge < -0.3 is 9.64 Å². The van der Waals surface area contributed by atoms with E-state index in [1.54, 1.807) is 7.11 Å². The van der Waals surface area contributed by atoms with Crippen molar-refractivity contribution in [3.8, 4) is 5.75 Å². The molecule has 1 saturated carbocycles. The smallest absolute Gasteiger partial charge is 0.258 e. The van der Waals surface area contributed by atoms with E-state index in [1.165, 1.54) is 31.2 Å². The van der Waals surface area contributed by atoms with Gasteiger partial charge in [0, 0.05) is 36.4 Å². The number of methoxy groups -OCH3 is 1. The van der Waals surface area contributed by atoms with Crippen molar-refractivity contribution < 1.29 is 9.53 Å². The molecule has 0 spiro atoms. The molecule has 0 unspecified atom stereocenters. The van der Waals surface area contributed by atoms with Crippen LogP contribution < -0.4 is 9.64 Å². The van der Waals surface area contributed by atoms with Crippen molar-refractivity contribution in [2.24, 2.45) is 0 Å². The summed E-state index contributed by atoms with van der Waals surface area (Å²) in [7, 11) is 1.68. The molecule has 4 heteroatoms. The summed E-state index contributed by atoms with van der Waals surface area (Å²) in [5, 5.41) is 0. The van der Waals surface area contributed by atoms with Crippen molar-refractivity contribution in [3.63, 3.8) is 0 Å². The number of likely N-dealkylation sites (tertiary alicyclic amines) is 1. The third-order valence-corrected chi connectivity index (χ3v) is 8.24. The van der Waals surface area contributed by atoms with Gasteiger partial charge in [0.2, 0.25) is 0 Å². The van der Waals surface area contributed by atoms with Gasteiger partial charge >= 0.3 is 0 Å². The molecule has 36 heavy (non-hydrogen) atoms. The van der Waals surface area contributed by atoms with Gasteiger partial charge in [-0.1, -0.05) is 61.4 Å². The van der Waals surface area contributed by atoms with E-state index >= 15 is 0 Å². The Balaban J connectivity index is 1.36. The van der Waals surface area contributed by atoms with Crippen LogP contribution in [0.2, 0.25) is 0 Å². The topological polar surface area (TPSA) is 32.8 Å². The van der Waals surface area contributed by atoms with Crippen LogP contribution in [0.5, 0.6) is 5.75 Å². The minimum absolute atomic E-state index is 0.0940. The first kappa shape index (κ1) is 24.6. The van der Waals surface area contributed by atoms with Gasteiger partial charge in [0.15, 0.2) is 0 Å². The lowest BCUT2D eigenvalue weighted by molar-refractivity contribution is 0.0894. The Morgan fingerprint density at radius 3 is 2.19 bits per heavy atom. The minimum Gasteiger partial charge on any atom is -0.497 e. The maximum absolute atomic E-state index is 13.9. The highest BCUT2D eigenvalue weighted by molar-refractivity contribution is 6.07. The molecule has 1 aliphatic heterocycles. The summed E-state index contributed by atoms with van der Waals surface area (Å²) in [5.74, 6) is 1.51. The Bertz CT molecular complexity index is 1140. The van der Waals surface area contributed by atoms with Gasteiger partial charge in [0.05, 0.1) is 7.11 Å². The molecule has 1 saturated heterocycles. The van der Waals surface area contributed by atoms with E-state index < -0.39 is 0 Å². The predicted molar refractivity (Wildman–Crippen MR) is 147 cm³/mol. The second kappa shape index (κ2) is 11.3. The number of piperidine rings is 1. The van der Waals surface area contributed by atoms with Gasteiger partial charge in [-0.2, -0.15) is 0 Å². The summed E-state index contributed by atoms with van der Waals surface area (Å²) in [6, 6.07) is 27.8. The number of aryl methyl sites for hydroxylation is 1. The summed E-state index contributed by atoms with van der Waals surface area (Å²) >= 11 is 0. The number of hydrogen-bond donors (Lipinski definition) is 0. The second-order valence-corrected chi connectivity index (χ2v) is 10.3. The Morgan fingerprint density at radius 1 is 0.833 bits per heavy atom. The number of hydrogen-bond acceptors (Lipinski definition) is 3. The fourth-order valence-electron chi connectivity index (χ4n) is 6.29. The second-order valence-electron chi connectivity index (χ2n) is 10.3. The summed E-state index contributed by atoms with van der Waals surface area (Å²) < 4.78 is 5.38. The highest BCUT2D eigenvalue weighted by Crippen LogP contribution is 2.38. The lowest BCUT2D eigenvalue weighted by atomic mass is 9.78. The van der Waals surface area contributed by atoms with E-state index in [-0.39, 0.29) is 11.9 Å². The highest BCUT2D eigenvalue weighted by Gasteiger charge is 2.36. The Hall–Kier alpha value is -3.11. The molecule has 1 aliphatic carbocycles. The van der Waals surface area contributed by atoms with Crippen LogP contribution >= 0.6 is 0 Å². The van der Waals surface area contributed by atoms with Crippen molar-refractivity contribution in [2.75, 3.05) is 25.1 Å². The fourth-order valence-corrected chi connectivity index (χ4v) is 6.29. The van der Waals surface area contributed by atoms with Crippen LogP contribution in [-0.4, -0.2) is 43.1 Å². The van der Waals surface area contributed by atoms with E-state index in [4.69, 9.17) is 4.74 Å². The van der Waals surface area contributed by atoms with Gasteiger partial charge in [0.1, 0.15) is 5.75 Å². The van der Waals surface area contributed by atoms with Crippen molar-refractivity contribution in [3.05, 3.63) is 95.6 Å². The number of anilines is 1. The van der Waals surface area contributed by atoms with Crippen LogP contribution in [0, 0.1) is 6.92 Å². The standard InChI is InChI=1S/C32H38N2O2/c1-24-10-6-7-13-29(24)32(35)34(26-16-18-28(36-2)19-17-26)27-20-22-33(23-21-27)31-15-9-8-14-30(31)25-11-4-3-5-12-25/h3-7,10-13,16-19,27,30-31H,8-9,14-15,20-23H2,1-2H3/t30-,31-/m1/s1. The molecule has 0 aromatic heterocycles. The van der Waals surface area contributed by atoms with Crippen LogP contribution in [0.25, 0.3) is 0 Å². The zero-order valence-electron chi connectivity index (χ0n) is 21.6. The molecular weight excluding hydrogens is 444 g/mol. The zero-order chi connectivity index (χ0) is 24.9. The largest absolute Gasteiger partial charge is 0.497 e. The number of nitrogens with zero attached hydrogens (tertiary/aromatic N) is 2. The van der Waals surface area contributed by atoms with Crippen molar-refractivity contribution >= 4 is 11.6 Å². The third kappa shape index (κ3) is 5.19. The maximum Gasteiger partial charge on any atom is 0.258 e. The van der Waals surface area contributed by atoms with E-state index in [0.717, 1.165) is 48.5 Å². The Morgan fingerprint density at radius 2 is 1.50 bits per heavy atom. The Labute approximate surface area is 215 Å². The number of ether oxygens (including phenoxy) is 1.